The second-order valence-electron chi connectivity index (χ2n) is 5.43. The lowest BCUT2D eigenvalue weighted by molar-refractivity contribution is 0.415. The molecule has 4 aromatic carbocycles. The van der Waals surface area contributed by atoms with E-state index in [1.807, 2.05) is 6.07 Å². The molecule has 0 radical (unpaired) electrons. The van der Waals surface area contributed by atoms with Crippen molar-refractivity contribution in [2.24, 2.45) is 0 Å². The summed E-state index contributed by atoms with van der Waals surface area (Å²) in [7, 11) is 1.71. The smallest absolute Gasteiger partial charge is 0.119 e. The zero-order valence-corrected chi connectivity index (χ0v) is 12.4. The van der Waals surface area contributed by atoms with Gasteiger partial charge in [-0.3, -0.25) is 0 Å². The molecule has 1 nitrogen and oxygen atoms in total. The minimum absolute atomic E-state index is 0.891. The average Bonchev–Trinajstić information content (AvgIpc) is 2.59. The molecule has 0 aromatic heterocycles. The molecule has 0 heterocycles. The zero-order chi connectivity index (χ0) is 14.9. The van der Waals surface area contributed by atoms with Crippen molar-refractivity contribution >= 4 is 21.5 Å². The Morgan fingerprint density at radius 1 is 0.636 bits per heavy atom. The summed E-state index contributed by atoms with van der Waals surface area (Å²) in [6.45, 7) is 0. The molecule has 0 aliphatic heterocycles. The first-order valence-corrected chi connectivity index (χ1v) is 7.42. The Hall–Kier alpha value is -2.80. The van der Waals surface area contributed by atoms with Crippen LogP contribution < -0.4 is 4.74 Å². The minimum Gasteiger partial charge on any atom is -0.497 e. The van der Waals surface area contributed by atoms with Gasteiger partial charge in [0.15, 0.2) is 0 Å². The molecule has 0 saturated heterocycles. The summed E-state index contributed by atoms with van der Waals surface area (Å²) >= 11 is 0. The van der Waals surface area contributed by atoms with Crippen LogP contribution >= 0.6 is 0 Å². The summed E-state index contributed by atoms with van der Waals surface area (Å²) in [6.07, 6.45) is 0. The van der Waals surface area contributed by atoms with Crippen LogP contribution in [0.15, 0.2) is 78.9 Å². The monoisotopic (exact) mass is 284 g/mol. The van der Waals surface area contributed by atoms with Crippen LogP contribution in [0, 0.1) is 0 Å². The Labute approximate surface area is 129 Å². The molecule has 0 unspecified atom stereocenters. The molecule has 0 N–H and O–H groups in total. The van der Waals surface area contributed by atoms with E-state index in [2.05, 4.69) is 72.8 Å². The Bertz CT molecular complexity index is 955. The molecule has 1 heteroatoms. The van der Waals surface area contributed by atoms with Gasteiger partial charge in [-0.15, -0.1) is 0 Å². The van der Waals surface area contributed by atoms with Crippen molar-refractivity contribution < 1.29 is 4.74 Å². The average molecular weight is 284 g/mol. The Morgan fingerprint density at radius 3 is 2.18 bits per heavy atom. The van der Waals surface area contributed by atoms with E-state index >= 15 is 0 Å². The third-order valence-electron chi connectivity index (χ3n) is 4.13. The van der Waals surface area contributed by atoms with Crippen molar-refractivity contribution in [3.05, 3.63) is 78.9 Å². The highest BCUT2D eigenvalue weighted by Gasteiger charge is 2.10. The number of fused-ring (bicyclic) bond motifs is 2. The molecule has 22 heavy (non-hydrogen) atoms. The zero-order valence-electron chi connectivity index (χ0n) is 12.4. The maximum absolute atomic E-state index is 5.38. The molecule has 0 aliphatic rings. The lowest BCUT2D eigenvalue weighted by Crippen LogP contribution is -1.87. The lowest BCUT2D eigenvalue weighted by Gasteiger charge is -2.13. The van der Waals surface area contributed by atoms with Crippen molar-refractivity contribution in [3.63, 3.8) is 0 Å². The van der Waals surface area contributed by atoms with Gasteiger partial charge < -0.3 is 4.74 Å². The first-order valence-electron chi connectivity index (χ1n) is 7.42. The fourth-order valence-corrected chi connectivity index (χ4v) is 3.09. The molecule has 0 fully saturated rings. The summed E-state index contributed by atoms with van der Waals surface area (Å²) in [5.74, 6) is 0.891. The van der Waals surface area contributed by atoms with E-state index in [4.69, 9.17) is 4.74 Å². The van der Waals surface area contributed by atoms with Crippen LogP contribution in [-0.4, -0.2) is 7.11 Å². The number of hydrogen-bond donors (Lipinski definition) is 0. The van der Waals surface area contributed by atoms with E-state index in [9.17, 15) is 0 Å². The predicted octanol–water partition coefficient (Wildman–Crippen LogP) is 5.67. The summed E-state index contributed by atoms with van der Waals surface area (Å²) < 4.78 is 5.38. The number of ether oxygens (including phenoxy) is 1. The first-order chi connectivity index (χ1) is 10.9. The van der Waals surface area contributed by atoms with Crippen LogP contribution in [0.4, 0.5) is 0 Å². The molecule has 4 rings (SSSR count). The molecule has 0 amide bonds. The van der Waals surface area contributed by atoms with E-state index in [0.717, 1.165) is 5.75 Å². The molecule has 0 saturated carbocycles. The van der Waals surface area contributed by atoms with Gasteiger partial charge in [0.05, 0.1) is 7.11 Å². The molecule has 0 atom stereocenters. The fourth-order valence-electron chi connectivity index (χ4n) is 3.09. The lowest BCUT2D eigenvalue weighted by atomic mass is 9.92. The van der Waals surface area contributed by atoms with Crippen LogP contribution in [0.3, 0.4) is 0 Å². The van der Waals surface area contributed by atoms with Gasteiger partial charge in [0, 0.05) is 0 Å². The van der Waals surface area contributed by atoms with Crippen molar-refractivity contribution in [1.29, 1.82) is 0 Å². The van der Waals surface area contributed by atoms with Gasteiger partial charge in [0.25, 0.3) is 0 Å². The van der Waals surface area contributed by atoms with E-state index in [0.29, 0.717) is 0 Å². The number of benzene rings is 4. The van der Waals surface area contributed by atoms with Crippen LogP contribution in [0.1, 0.15) is 0 Å². The summed E-state index contributed by atoms with van der Waals surface area (Å²) in [6, 6.07) is 27.7. The molecular formula is C21H16O. The number of hydrogen-bond acceptors (Lipinski definition) is 1. The molecule has 4 aromatic rings. The van der Waals surface area contributed by atoms with E-state index in [-0.39, 0.29) is 0 Å². The maximum Gasteiger partial charge on any atom is 0.119 e. The molecule has 0 spiro atoms. The Kier molecular flexibility index (Phi) is 3.05. The van der Waals surface area contributed by atoms with Crippen LogP contribution in [0.5, 0.6) is 5.75 Å². The van der Waals surface area contributed by atoms with Gasteiger partial charge in [-0.25, -0.2) is 0 Å². The number of methoxy groups -OCH3 is 1. The topological polar surface area (TPSA) is 9.23 Å². The van der Waals surface area contributed by atoms with Gasteiger partial charge >= 0.3 is 0 Å². The second-order valence-corrected chi connectivity index (χ2v) is 5.43. The summed E-state index contributed by atoms with van der Waals surface area (Å²) in [5.41, 5.74) is 2.53. The predicted molar refractivity (Wildman–Crippen MR) is 93.4 cm³/mol. The first kappa shape index (κ1) is 12.9. The fraction of sp³-hybridized carbons (Fsp3) is 0.0476. The van der Waals surface area contributed by atoms with Gasteiger partial charge in [-0.05, 0) is 50.9 Å². The Balaban J connectivity index is 2.17. The van der Waals surface area contributed by atoms with Gasteiger partial charge in [-0.2, -0.15) is 0 Å². The minimum atomic E-state index is 0.891. The van der Waals surface area contributed by atoms with E-state index in [1.54, 1.807) is 7.11 Å². The second kappa shape index (κ2) is 5.19. The molecule has 0 bridgehead atoms. The van der Waals surface area contributed by atoms with Gasteiger partial charge in [0.2, 0.25) is 0 Å². The van der Waals surface area contributed by atoms with Crippen LogP contribution in [0.2, 0.25) is 0 Å². The van der Waals surface area contributed by atoms with Crippen molar-refractivity contribution in [2.75, 3.05) is 7.11 Å². The molecule has 0 aliphatic carbocycles. The summed E-state index contributed by atoms with van der Waals surface area (Å²) in [4.78, 5) is 0. The van der Waals surface area contributed by atoms with Crippen molar-refractivity contribution in [3.8, 4) is 16.9 Å². The highest BCUT2D eigenvalue weighted by molar-refractivity contribution is 6.12. The Morgan fingerprint density at radius 2 is 1.36 bits per heavy atom. The molecule has 106 valence electrons. The van der Waals surface area contributed by atoms with Crippen LogP contribution in [-0.2, 0) is 0 Å². The standard InChI is InChI=1S/C21H16O/c1-22-18-11-12-20-17(14-18)13-16-9-5-6-10-19(16)21(20)15-7-3-2-4-8-15/h2-14H,1H3. The van der Waals surface area contributed by atoms with Gasteiger partial charge in [-0.1, -0.05) is 60.7 Å². The molecular weight excluding hydrogens is 268 g/mol. The normalized spacial score (nSPS) is 11.0. The summed E-state index contributed by atoms with van der Waals surface area (Å²) in [5, 5.41) is 5.00. The van der Waals surface area contributed by atoms with E-state index in [1.165, 1.54) is 32.7 Å². The third-order valence-corrected chi connectivity index (χ3v) is 4.13. The number of rotatable bonds is 2. The maximum atomic E-state index is 5.38. The third kappa shape index (κ3) is 2.03. The largest absolute Gasteiger partial charge is 0.497 e. The van der Waals surface area contributed by atoms with Crippen molar-refractivity contribution in [2.45, 2.75) is 0 Å². The van der Waals surface area contributed by atoms with Crippen LogP contribution in [0.25, 0.3) is 32.7 Å². The SMILES string of the molecule is COc1ccc2c(-c3ccccc3)c3ccccc3cc2c1. The van der Waals surface area contributed by atoms with Gasteiger partial charge in [0.1, 0.15) is 5.75 Å². The van der Waals surface area contributed by atoms with E-state index < -0.39 is 0 Å². The highest BCUT2D eigenvalue weighted by atomic mass is 16.5. The highest BCUT2D eigenvalue weighted by Crippen LogP contribution is 2.37. The quantitative estimate of drug-likeness (QED) is 0.431. The van der Waals surface area contributed by atoms with Crippen molar-refractivity contribution in [1.82, 2.24) is 0 Å².